The van der Waals surface area contributed by atoms with Crippen LogP contribution in [0, 0.1) is 25.7 Å². The van der Waals surface area contributed by atoms with Crippen LogP contribution >= 0.6 is 0 Å². The van der Waals surface area contributed by atoms with Crippen LogP contribution in [0.3, 0.4) is 0 Å². The molecule has 2 N–H and O–H groups in total. The van der Waals surface area contributed by atoms with Crippen LogP contribution in [-0.4, -0.2) is 76.6 Å². The molecule has 1 aromatic rings. The highest BCUT2D eigenvalue weighted by molar-refractivity contribution is 7.92. The summed E-state index contributed by atoms with van der Waals surface area (Å²) in [6.45, 7) is 7.87. The number of hydrogen-bond donors (Lipinski definition) is 2. The second-order valence-corrected chi connectivity index (χ2v) is 13.2. The number of sulfonamides is 1. The maximum atomic E-state index is 13.2. The van der Waals surface area contributed by atoms with Gasteiger partial charge in [-0.2, -0.15) is 4.31 Å². The molecule has 10 heteroatoms. The van der Waals surface area contributed by atoms with E-state index in [0.717, 1.165) is 59.8 Å². The van der Waals surface area contributed by atoms with Crippen LogP contribution in [0.5, 0.6) is 0 Å². The summed E-state index contributed by atoms with van der Waals surface area (Å²) in [6, 6.07) is 4.01. The van der Waals surface area contributed by atoms with E-state index in [4.69, 9.17) is 14.5 Å². The third-order valence-corrected chi connectivity index (χ3v) is 10.1. The molecule has 1 amide bonds. The lowest BCUT2D eigenvalue weighted by atomic mass is 9.82. The summed E-state index contributed by atoms with van der Waals surface area (Å²) in [5, 5.41) is 7.71. The van der Waals surface area contributed by atoms with Gasteiger partial charge in [-0.05, 0) is 80.3 Å². The van der Waals surface area contributed by atoms with Crippen LogP contribution in [0.2, 0.25) is 0 Å². The Labute approximate surface area is 233 Å². The fourth-order valence-corrected chi connectivity index (χ4v) is 7.10. The van der Waals surface area contributed by atoms with Gasteiger partial charge in [0.15, 0.2) is 0 Å². The molecular formula is C29H44N4O5S. The monoisotopic (exact) mass is 560 g/mol. The number of carbonyl (C=O) groups is 1. The normalized spacial score (nSPS) is 24.6. The van der Waals surface area contributed by atoms with E-state index in [-0.39, 0.29) is 25.1 Å². The largest absolute Gasteiger partial charge is 0.382 e. The number of nitrogens with one attached hydrogen (secondary N) is 2. The number of nitrogens with zero attached hydrogens (tertiary/aromatic N) is 2. The highest BCUT2D eigenvalue weighted by Crippen LogP contribution is 2.36. The van der Waals surface area contributed by atoms with Crippen LogP contribution in [0.1, 0.15) is 62.1 Å². The molecule has 2 fully saturated rings. The third kappa shape index (κ3) is 6.90. The van der Waals surface area contributed by atoms with E-state index in [1.807, 2.05) is 26.0 Å². The quantitative estimate of drug-likeness (QED) is 0.450. The molecule has 1 saturated heterocycles. The first kappa shape index (κ1) is 29.7. The number of piperidine rings is 1. The predicted octanol–water partition coefficient (Wildman–Crippen LogP) is 3.87. The minimum Gasteiger partial charge on any atom is -0.382 e. The number of amides is 1. The first-order chi connectivity index (χ1) is 18.6. The predicted molar refractivity (Wildman–Crippen MR) is 155 cm³/mol. The van der Waals surface area contributed by atoms with Crippen LogP contribution in [-0.2, 0) is 24.3 Å². The average Bonchev–Trinajstić information content (AvgIpc) is 3.21. The molecule has 1 aromatic carbocycles. The smallest absolute Gasteiger partial charge is 0.253 e. The molecule has 9 nitrogen and oxygen atoms in total. The van der Waals surface area contributed by atoms with E-state index in [1.165, 1.54) is 9.71 Å². The molecule has 0 unspecified atom stereocenters. The van der Waals surface area contributed by atoms with Crippen molar-refractivity contribution in [2.45, 2.75) is 70.9 Å². The number of carbonyl (C=O) groups excluding carboxylic acids is 1. The minimum absolute atomic E-state index is 0.0623. The zero-order valence-corrected chi connectivity index (χ0v) is 24.8. The molecule has 216 valence electrons. The highest BCUT2D eigenvalue weighted by atomic mass is 32.2. The SMILES string of the molecule is COC[C@H](CNc1cc(C)c(/C=C/S(=O)(=O)N2CCC3(CC2)N=C(C2CCC(C)CC2)NC3=O)c(C)c1)OC. The van der Waals surface area contributed by atoms with Crippen LogP contribution in [0.15, 0.2) is 22.5 Å². The first-order valence-electron chi connectivity index (χ1n) is 14.0. The number of benzene rings is 1. The fraction of sp³-hybridized carbons (Fsp3) is 0.655. The van der Waals surface area contributed by atoms with E-state index in [1.54, 1.807) is 20.3 Å². The maximum Gasteiger partial charge on any atom is 0.253 e. The number of rotatable bonds is 10. The van der Waals surface area contributed by atoms with Crippen molar-refractivity contribution >= 4 is 33.5 Å². The van der Waals surface area contributed by atoms with Crippen molar-refractivity contribution in [1.29, 1.82) is 0 Å². The van der Waals surface area contributed by atoms with Gasteiger partial charge in [0.2, 0.25) is 10.0 Å². The van der Waals surface area contributed by atoms with Gasteiger partial charge < -0.3 is 20.1 Å². The summed E-state index contributed by atoms with van der Waals surface area (Å²) in [6.07, 6.45) is 6.85. The molecule has 1 spiro atoms. The lowest BCUT2D eigenvalue weighted by Gasteiger charge is -2.34. The number of hydrogen-bond acceptors (Lipinski definition) is 7. The standard InChI is InChI=1S/C29H44N4O5S/c1-20-6-8-23(9-7-20)27-31-28(34)29(32-27)11-13-33(14-12-29)39(35,36)15-10-26-21(2)16-24(17-22(26)3)30-18-25(38-5)19-37-4/h10,15-17,20,23,25,30H,6-9,11-14,18-19H2,1-5H3,(H,31,32,34)/b15-10+/t20?,23?,25-/m0/s1. The average molecular weight is 561 g/mol. The Morgan fingerprint density at radius 1 is 1.15 bits per heavy atom. The molecule has 0 radical (unpaired) electrons. The van der Waals surface area contributed by atoms with Gasteiger partial charge in [0, 0.05) is 50.9 Å². The van der Waals surface area contributed by atoms with E-state index >= 15 is 0 Å². The molecule has 1 aliphatic carbocycles. The number of aryl methyl sites for hydroxylation is 2. The molecule has 39 heavy (non-hydrogen) atoms. The van der Waals surface area contributed by atoms with Crippen molar-refractivity contribution in [1.82, 2.24) is 9.62 Å². The van der Waals surface area contributed by atoms with Gasteiger partial charge in [-0.1, -0.05) is 19.8 Å². The third-order valence-electron chi connectivity index (χ3n) is 8.53. The Bertz CT molecular complexity index is 1170. The molecule has 4 rings (SSSR count). The topological polar surface area (TPSA) is 109 Å². The number of aliphatic imine (C=N–C) groups is 1. The zero-order chi connectivity index (χ0) is 28.2. The van der Waals surface area contributed by atoms with Gasteiger partial charge in [-0.25, -0.2) is 8.42 Å². The van der Waals surface area contributed by atoms with Crippen LogP contribution in [0.25, 0.3) is 6.08 Å². The van der Waals surface area contributed by atoms with E-state index in [0.29, 0.717) is 31.9 Å². The van der Waals surface area contributed by atoms with Crippen molar-refractivity contribution < 1.29 is 22.7 Å². The molecule has 1 saturated carbocycles. The van der Waals surface area contributed by atoms with Crippen molar-refractivity contribution in [2.24, 2.45) is 16.8 Å². The van der Waals surface area contributed by atoms with Crippen LogP contribution < -0.4 is 10.6 Å². The number of ether oxygens (including phenoxy) is 2. The summed E-state index contributed by atoms with van der Waals surface area (Å²) < 4.78 is 38.5. The summed E-state index contributed by atoms with van der Waals surface area (Å²) in [4.78, 5) is 17.8. The molecule has 2 aliphatic heterocycles. The van der Waals surface area contributed by atoms with E-state index in [2.05, 4.69) is 17.6 Å². The van der Waals surface area contributed by atoms with Crippen molar-refractivity contribution in [3.8, 4) is 0 Å². The number of anilines is 1. The lowest BCUT2D eigenvalue weighted by molar-refractivity contribution is -0.125. The van der Waals surface area contributed by atoms with E-state index in [9.17, 15) is 13.2 Å². The Morgan fingerprint density at radius 2 is 1.79 bits per heavy atom. The van der Waals surface area contributed by atoms with Gasteiger partial charge in [0.05, 0.1) is 12.7 Å². The molecular weight excluding hydrogens is 516 g/mol. The summed E-state index contributed by atoms with van der Waals surface area (Å²) in [7, 11) is -0.334. The highest BCUT2D eigenvalue weighted by Gasteiger charge is 2.48. The summed E-state index contributed by atoms with van der Waals surface area (Å²) >= 11 is 0. The molecule has 2 heterocycles. The van der Waals surface area contributed by atoms with Gasteiger partial charge in [-0.3, -0.25) is 9.79 Å². The first-order valence-corrected chi connectivity index (χ1v) is 15.5. The molecule has 1 atom stereocenters. The van der Waals surface area contributed by atoms with Crippen molar-refractivity contribution in [3.05, 3.63) is 34.2 Å². The Kier molecular flexibility index (Phi) is 9.52. The summed E-state index contributed by atoms with van der Waals surface area (Å²) in [5.74, 6) is 1.80. The molecule has 0 bridgehead atoms. The summed E-state index contributed by atoms with van der Waals surface area (Å²) in [5.41, 5.74) is 2.95. The van der Waals surface area contributed by atoms with E-state index < -0.39 is 15.6 Å². The Morgan fingerprint density at radius 3 is 2.38 bits per heavy atom. The second kappa shape index (κ2) is 12.5. The van der Waals surface area contributed by atoms with Gasteiger partial charge in [0.25, 0.3) is 5.91 Å². The fourth-order valence-electron chi connectivity index (χ4n) is 5.93. The van der Waals surface area contributed by atoms with Crippen LogP contribution in [0.4, 0.5) is 5.69 Å². The zero-order valence-electron chi connectivity index (χ0n) is 24.0. The maximum absolute atomic E-state index is 13.2. The minimum atomic E-state index is -3.63. The number of amidine groups is 1. The molecule has 0 aromatic heterocycles. The van der Waals surface area contributed by atoms with Gasteiger partial charge in [-0.15, -0.1) is 0 Å². The van der Waals surface area contributed by atoms with Gasteiger partial charge in [0.1, 0.15) is 11.4 Å². The van der Waals surface area contributed by atoms with Crippen molar-refractivity contribution in [3.63, 3.8) is 0 Å². The number of methoxy groups -OCH3 is 2. The Balaban J connectivity index is 1.38. The Hall–Kier alpha value is -2.27. The van der Waals surface area contributed by atoms with Gasteiger partial charge >= 0.3 is 0 Å². The lowest BCUT2D eigenvalue weighted by Crippen LogP contribution is -2.50. The van der Waals surface area contributed by atoms with Crippen molar-refractivity contribution in [2.75, 3.05) is 45.8 Å². The second-order valence-electron chi connectivity index (χ2n) is 11.4. The molecule has 3 aliphatic rings.